The van der Waals surface area contributed by atoms with E-state index in [0.717, 1.165) is 37.1 Å². The van der Waals surface area contributed by atoms with Gasteiger partial charge in [-0.1, -0.05) is 24.7 Å². The second kappa shape index (κ2) is 6.81. The molecule has 2 heterocycles. The average Bonchev–Trinajstić information content (AvgIpc) is 2.84. The van der Waals surface area contributed by atoms with E-state index in [9.17, 15) is 9.90 Å². The van der Waals surface area contributed by atoms with Gasteiger partial charge in [-0.15, -0.1) is 10.2 Å². The van der Waals surface area contributed by atoms with Gasteiger partial charge < -0.3 is 10.0 Å². The number of rotatable bonds is 4. The lowest BCUT2D eigenvalue weighted by Gasteiger charge is -2.29. The van der Waals surface area contributed by atoms with E-state index in [1.54, 1.807) is 4.90 Å². The molecule has 2 rings (SSSR count). The van der Waals surface area contributed by atoms with Crippen LogP contribution in [0.25, 0.3) is 0 Å². The van der Waals surface area contributed by atoms with Gasteiger partial charge in [0.15, 0.2) is 0 Å². The number of unbranched alkanes of at least 4 members (excludes halogenated alkanes) is 1. The van der Waals surface area contributed by atoms with Gasteiger partial charge in [0, 0.05) is 19.5 Å². The molecule has 1 aromatic rings. The van der Waals surface area contributed by atoms with Crippen molar-refractivity contribution in [1.29, 1.82) is 0 Å². The number of aryl methyl sites for hydroxylation is 1. The van der Waals surface area contributed by atoms with Crippen molar-refractivity contribution in [3.63, 3.8) is 0 Å². The predicted octanol–water partition coefficient (Wildman–Crippen LogP) is 1.87. The summed E-state index contributed by atoms with van der Waals surface area (Å²) in [6, 6.07) is -0.197. The molecule has 1 aliphatic rings. The number of urea groups is 1. The fourth-order valence-corrected chi connectivity index (χ4v) is 2.81. The maximum absolute atomic E-state index is 12.0. The van der Waals surface area contributed by atoms with Gasteiger partial charge in [0.25, 0.3) is 0 Å². The SMILES string of the molecule is CCCCc1nnc(NC(=O)N2CCC[C@@H](O)C2)s1. The molecule has 7 heteroatoms. The van der Waals surface area contributed by atoms with E-state index in [1.165, 1.54) is 11.3 Å². The number of hydrogen-bond acceptors (Lipinski definition) is 5. The topological polar surface area (TPSA) is 78.4 Å². The predicted molar refractivity (Wildman–Crippen MR) is 74.4 cm³/mol. The quantitative estimate of drug-likeness (QED) is 0.884. The first-order valence-corrected chi connectivity index (χ1v) is 7.57. The van der Waals surface area contributed by atoms with Crippen LogP contribution in [-0.2, 0) is 6.42 Å². The lowest BCUT2D eigenvalue weighted by Crippen LogP contribution is -2.44. The molecule has 0 aromatic carbocycles. The maximum atomic E-state index is 12.0. The standard InChI is InChI=1S/C12H20N4O2S/c1-2-3-6-10-14-15-11(19-10)13-12(18)16-7-4-5-9(17)8-16/h9,17H,2-8H2,1H3,(H,13,15,18)/t9-/m1/s1. The van der Waals surface area contributed by atoms with E-state index in [2.05, 4.69) is 22.4 Å². The summed E-state index contributed by atoms with van der Waals surface area (Å²) in [6.07, 6.45) is 4.31. The minimum atomic E-state index is -0.408. The van der Waals surface area contributed by atoms with Crippen LogP contribution >= 0.6 is 11.3 Å². The fraction of sp³-hybridized carbons (Fsp3) is 0.750. The number of aliphatic hydroxyl groups excluding tert-OH is 1. The summed E-state index contributed by atoms with van der Waals surface area (Å²) in [5.41, 5.74) is 0. The van der Waals surface area contributed by atoms with Gasteiger partial charge in [0.1, 0.15) is 5.01 Å². The third kappa shape index (κ3) is 4.14. The molecular formula is C12H20N4O2S. The molecule has 1 aliphatic heterocycles. The van der Waals surface area contributed by atoms with Crippen molar-refractivity contribution in [3.8, 4) is 0 Å². The van der Waals surface area contributed by atoms with Crippen molar-refractivity contribution in [3.05, 3.63) is 5.01 Å². The highest BCUT2D eigenvalue weighted by Crippen LogP contribution is 2.18. The maximum Gasteiger partial charge on any atom is 0.323 e. The number of aliphatic hydroxyl groups is 1. The Labute approximate surface area is 116 Å². The number of amides is 2. The van der Waals surface area contributed by atoms with Crippen LogP contribution < -0.4 is 5.32 Å². The highest BCUT2D eigenvalue weighted by Gasteiger charge is 2.22. The summed E-state index contributed by atoms with van der Waals surface area (Å²) in [7, 11) is 0. The molecule has 0 saturated carbocycles. The zero-order valence-electron chi connectivity index (χ0n) is 11.1. The van der Waals surface area contributed by atoms with Crippen molar-refractivity contribution < 1.29 is 9.90 Å². The van der Waals surface area contributed by atoms with Crippen molar-refractivity contribution in [2.45, 2.75) is 45.1 Å². The first-order chi connectivity index (χ1) is 9.19. The molecular weight excluding hydrogens is 264 g/mol. The lowest BCUT2D eigenvalue weighted by molar-refractivity contribution is 0.0883. The van der Waals surface area contributed by atoms with Gasteiger partial charge in [-0.3, -0.25) is 5.32 Å². The second-order valence-electron chi connectivity index (χ2n) is 4.78. The molecule has 2 N–H and O–H groups in total. The van der Waals surface area contributed by atoms with Crippen LogP contribution in [0, 0.1) is 0 Å². The van der Waals surface area contributed by atoms with E-state index in [1.807, 2.05) is 0 Å². The van der Waals surface area contributed by atoms with E-state index in [4.69, 9.17) is 0 Å². The van der Waals surface area contributed by atoms with Crippen molar-refractivity contribution in [1.82, 2.24) is 15.1 Å². The molecule has 1 fully saturated rings. The minimum absolute atomic E-state index is 0.197. The molecule has 1 atom stereocenters. The number of carbonyl (C=O) groups is 1. The van der Waals surface area contributed by atoms with Crippen molar-refractivity contribution >= 4 is 22.5 Å². The van der Waals surface area contributed by atoms with Crippen LogP contribution in [0.5, 0.6) is 0 Å². The van der Waals surface area contributed by atoms with Gasteiger partial charge in [-0.25, -0.2) is 4.79 Å². The number of piperidine rings is 1. The number of nitrogens with zero attached hydrogens (tertiary/aromatic N) is 3. The van der Waals surface area contributed by atoms with E-state index in [0.29, 0.717) is 18.2 Å². The van der Waals surface area contributed by atoms with Crippen molar-refractivity contribution in [2.75, 3.05) is 18.4 Å². The van der Waals surface area contributed by atoms with E-state index >= 15 is 0 Å². The summed E-state index contributed by atoms with van der Waals surface area (Å²) in [4.78, 5) is 13.6. The first-order valence-electron chi connectivity index (χ1n) is 6.75. The second-order valence-corrected chi connectivity index (χ2v) is 5.84. The molecule has 106 valence electrons. The molecule has 19 heavy (non-hydrogen) atoms. The number of hydrogen-bond donors (Lipinski definition) is 2. The summed E-state index contributed by atoms with van der Waals surface area (Å²) >= 11 is 1.42. The number of anilines is 1. The van der Waals surface area contributed by atoms with Gasteiger partial charge in [0.2, 0.25) is 5.13 Å². The molecule has 1 saturated heterocycles. The third-order valence-corrected chi connectivity index (χ3v) is 4.01. The van der Waals surface area contributed by atoms with Crippen molar-refractivity contribution in [2.24, 2.45) is 0 Å². The van der Waals surface area contributed by atoms with Crippen LogP contribution in [0.4, 0.5) is 9.93 Å². The largest absolute Gasteiger partial charge is 0.391 e. The molecule has 2 amide bonds. The summed E-state index contributed by atoms with van der Waals surface area (Å²) in [6.45, 7) is 3.21. The molecule has 6 nitrogen and oxygen atoms in total. The Morgan fingerprint density at radius 2 is 2.42 bits per heavy atom. The van der Waals surface area contributed by atoms with Crippen LogP contribution in [0.1, 0.15) is 37.6 Å². The average molecular weight is 284 g/mol. The number of nitrogens with one attached hydrogen (secondary N) is 1. The van der Waals surface area contributed by atoms with Crippen LogP contribution in [-0.4, -0.2) is 45.4 Å². The number of carbonyl (C=O) groups excluding carboxylic acids is 1. The third-order valence-electron chi connectivity index (χ3n) is 3.11. The molecule has 0 bridgehead atoms. The van der Waals surface area contributed by atoms with E-state index in [-0.39, 0.29) is 6.03 Å². The zero-order valence-corrected chi connectivity index (χ0v) is 11.9. The van der Waals surface area contributed by atoms with Crippen LogP contribution in [0.3, 0.4) is 0 Å². The van der Waals surface area contributed by atoms with Gasteiger partial charge in [-0.05, 0) is 19.3 Å². The Hall–Kier alpha value is -1.21. The summed E-state index contributed by atoms with van der Waals surface area (Å²) in [5.74, 6) is 0. The smallest absolute Gasteiger partial charge is 0.323 e. The molecule has 1 aromatic heterocycles. The Morgan fingerprint density at radius 1 is 1.58 bits per heavy atom. The summed E-state index contributed by atoms with van der Waals surface area (Å²) < 4.78 is 0. The van der Waals surface area contributed by atoms with Gasteiger partial charge in [-0.2, -0.15) is 0 Å². The van der Waals surface area contributed by atoms with E-state index < -0.39 is 6.10 Å². The number of aromatic nitrogens is 2. The Morgan fingerprint density at radius 3 is 3.16 bits per heavy atom. The normalized spacial score (nSPS) is 19.5. The molecule has 0 spiro atoms. The highest BCUT2D eigenvalue weighted by atomic mass is 32.1. The number of β-amino-alcohol motifs (C(OH)–C–C–N with tert-alkyl or cyclic N) is 1. The number of likely N-dealkylation sites (tertiary alicyclic amines) is 1. The lowest BCUT2D eigenvalue weighted by atomic mass is 10.1. The molecule has 0 aliphatic carbocycles. The Bertz CT molecular complexity index is 424. The minimum Gasteiger partial charge on any atom is -0.391 e. The first kappa shape index (κ1) is 14.2. The monoisotopic (exact) mass is 284 g/mol. The highest BCUT2D eigenvalue weighted by molar-refractivity contribution is 7.15. The van der Waals surface area contributed by atoms with Crippen LogP contribution in [0.15, 0.2) is 0 Å². The van der Waals surface area contributed by atoms with Crippen LogP contribution in [0.2, 0.25) is 0 Å². The Kier molecular flexibility index (Phi) is 5.09. The Balaban J connectivity index is 1.86. The molecule has 0 unspecified atom stereocenters. The van der Waals surface area contributed by atoms with Gasteiger partial charge >= 0.3 is 6.03 Å². The fourth-order valence-electron chi connectivity index (χ4n) is 2.04. The zero-order chi connectivity index (χ0) is 13.7. The molecule has 0 radical (unpaired) electrons. The van der Waals surface area contributed by atoms with Gasteiger partial charge in [0.05, 0.1) is 6.10 Å². The summed E-state index contributed by atoms with van der Waals surface area (Å²) in [5, 5.41) is 21.8.